The van der Waals surface area contributed by atoms with E-state index in [1.165, 1.54) is 18.6 Å². The molecule has 70 valence electrons. The van der Waals surface area contributed by atoms with Crippen LogP contribution in [0.25, 0.3) is 0 Å². The van der Waals surface area contributed by atoms with Crippen LogP contribution in [0, 0.1) is 0 Å². The highest BCUT2D eigenvalue weighted by Crippen LogP contribution is 2.05. The first-order valence-electron chi connectivity index (χ1n) is 3.93. The molecule has 1 aromatic heterocycles. The van der Waals surface area contributed by atoms with Crippen molar-refractivity contribution in [3.05, 3.63) is 24.3 Å². The lowest BCUT2D eigenvalue weighted by atomic mass is 10.2. The lowest BCUT2D eigenvalue weighted by Crippen LogP contribution is -2.24. The Labute approximate surface area is 75.9 Å². The third kappa shape index (κ3) is 2.48. The Bertz CT molecular complexity index is 276. The smallest absolute Gasteiger partial charge is 0.329 e. The van der Waals surface area contributed by atoms with Crippen LogP contribution in [0.1, 0.15) is 18.7 Å². The summed E-state index contributed by atoms with van der Waals surface area (Å²) in [6.45, 7) is 2.04. The Balaban J connectivity index is 2.68. The molecule has 1 atom stereocenters. The van der Waals surface area contributed by atoms with Gasteiger partial charge in [0.15, 0.2) is 0 Å². The van der Waals surface area contributed by atoms with Crippen LogP contribution < -0.4 is 5.73 Å². The molecule has 0 fully saturated rings. The second-order valence-corrected chi connectivity index (χ2v) is 2.36. The second kappa shape index (κ2) is 4.51. The van der Waals surface area contributed by atoms with Crippen LogP contribution in [-0.4, -0.2) is 22.5 Å². The molecule has 1 aromatic rings. The molecule has 1 rings (SSSR count). The monoisotopic (exact) mass is 181 g/mol. The third-order valence-electron chi connectivity index (χ3n) is 1.44. The maximum absolute atomic E-state index is 11.1. The van der Waals surface area contributed by atoms with Crippen molar-refractivity contribution in [1.29, 1.82) is 0 Å². The van der Waals surface area contributed by atoms with Gasteiger partial charge in [-0.1, -0.05) is 0 Å². The molecule has 5 nitrogen and oxygen atoms in total. The maximum atomic E-state index is 11.1. The van der Waals surface area contributed by atoms with E-state index in [9.17, 15) is 4.79 Å². The van der Waals surface area contributed by atoms with Gasteiger partial charge in [-0.05, 0) is 6.92 Å². The summed E-state index contributed by atoms with van der Waals surface area (Å²) in [5.74, 6) is -0.483. The molecule has 1 unspecified atom stereocenters. The number of rotatable bonds is 3. The van der Waals surface area contributed by atoms with Gasteiger partial charge in [-0.25, -0.2) is 4.79 Å². The van der Waals surface area contributed by atoms with E-state index >= 15 is 0 Å². The summed E-state index contributed by atoms with van der Waals surface area (Å²) in [6, 6.07) is -0.839. The summed E-state index contributed by atoms with van der Waals surface area (Å²) in [4.78, 5) is 18.8. The van der Waals surface area contributed by atoms with Gasteiger partial charge in [0.1, 0.15) is 6.04 Å². The van der Waals surface area contributed by atoms with Crippen LogP contribution in [0.2, 0.25) is 0 Å². The predicted molar refractivity (Wildman–Crippen MR) is 45.6 cm³/mol. The lowest BCUT2D eigenvalue weighted by Gasteiger charge is -2.08. The number of ether oxygens (including phenoxy) is 1. The number of hydrogen-bond acceptors (Lipinski definition) is 5. The van der Waals surface area contributed by atoms with Gasteiger partial charge >= 0.3 is 5.97 Å². The number of carbonyl (C=O) groups excluding carboxylic acids is 1. The maximum Gasteiger partial charge on any atom is 0.329 e. The molecular weight excluding hydrogens is 170 g/mol. The minimum absolute atomic E-state index is 0.312. The predicted octanol–water partition coefficient (Wildman–Crippen LogP) is 0.0395. The summed E-state index contributed by atoms with van der Waals surface area (Å²) >= 11 is 0. The van der Waals surface area contributed by atoms with E-state index in [2.05, 4.69) is 9.97 Å². The molecular formula is C8H11N3O2. The number of nitrogens with two attached hydrogens (primary N) is 1. The van der Waals surface area contributed by atoms with Crippen LogP contribution >= 0.6 is 0 Å². The second-order valence-electron chi connectivity index (χ2n) is 2.36. The average molecular weight is 181 g/mol. The molecule has 0 radical (unpaired) electrons. The van der Waals surface area contributed by atoms with Crippen LogP contribution in [-0.2, 0) is 9.53 Å². The third-order valence-corrected chi connectivity index (χ3v) is 1.44. The van der Waals surface area contributed by atoms with E-state index in [4.69, 9.17) is 10.5 Å². The molecule has 5 heteroatoms. The zero-order valence-corrected chi connectivity index (χ0v) is 7.30. The van der Waals surface area contributed by atoms with Crippen LogP contribution in [0.3, 0.4) is 0 Å². The minimum Gasteiger partial charge on any atom is -0.465 e. The zero-order chi connectivity index (χ0) is 9.68. The minimum atomic E-state index is -0.839. The quantitative estimate of drug-likeness (QED) is 0.666. The van der Waals surface area contributed by atoms with E-state index in [0.717, 1.165) is 0 Å². The highest BCUT2D eigenvalue weighted by molar-refractivity contribution is 5.76. The Morgan fingerprint density at radius 3 is 3.00 bits per heavy atom. The highest BCUT2D eigenvalue weighted by Gasteiger charge is 2.17. The molecule has 0 saturated heterocycles. The van der Waals surface area contributed by atoms with Gasteiger partial charge in [-0.2, -0.15) is 0 Å². The SMILES string of the molecule is CCOC(=O)C(N)c1cnccn1. The molecule has 0 aromatic carbocycles. The molecule has 2 N–H and O–H groups in total. The fraction of sp³-hybridized carbons (Fsp3) is 0.375. The largest absolute Gasteiger partial charge is 0.465 e. The van der Waals surface area contributed by atoms with Crippen molar-refractivity contribution in [1.82, 2.24) is 9.97 Å². The van der Waals surface area contributed by atoms with Gasteiger partial charge in [-0.15, -0.1) is 0 Å². The van der Waals surface area contributed by atoms with E-state index in [-0.39, 0.29) is 0 Å². The van der Waals surface area contributed by atoms with Gasteiger partial charge in [0.25, 0.3) is 0 Å². The molecule has 1 heterocycles. The Morgan fingerprint density at radius 1 is 1.69 bits per heavy atom. The highest BCUT2D eigenvalue weighted by atomic mass is 16.5. The first-order valence-corrected chi connectivity index (χ1v) is 3.93. The van der Waals surface area contributed by atoms with Gasteiger partial charge in [0, 0.05) is 12.4 Å². The topological polar surface area (TPSA) is 78.1 Å². The number of aromatic nitrogens is 2. The summed E-state index contributed by atoms with van der Waals surface area (Å²) < 4.78 is 4.73. The average Bonchev–Trinajstić information content (AvgIpc) is 2.18. The summed E-state index contributed by atoms with van der Waals surface area (Å²) in [5.41, 5.74) is 5.97. The summed E-state index contributed by atoms with van der Waals surface area (Å²) in [6.07, 6.45) is 4.44. The van der Waals surface area contributed by atoms with E-state index in [0.29, 0.717) is 12.3 Å². The first kappa shape index (κ1) is 9.60. The fourth-order valence-corrected chi connectivity index (χ4v) is 0.824. The van der Waals surface area contributed by atoms with Crippen molar-refractivity contribution in [2.75, 3.05) is 6.61 Å². The van der Waals surface area contributed by atoms with Gasteiger partial charge in [0.05, 0.1) is 18.5 Å². The summed E-state index contributed by atoms with van der Waals surface area (Å²) in [7, 11) is 0. The summed E-state index contributed by atoms with van der Waals surface area (Å²) in [5, 5.41) is 0. The molecule has 13 heavy (non-hydrogen) atoms. The van der Waals surface area contributed by atoms with Crippen molar-refractivity contribution >= 4 is 5.97 Å². The van der Waals surface area contributed by atoms with E-state index in [1.54, 1.807) is 6.92 Å². The standard InChI is InChI=1S/C8H11N3O2/c1-2-13-8(12)7(9)6-5-10-3-4-11-6/h3-5,7H,2,9H2,1H3. The Kier molecular flexibility index (Phi) is 3.33. The zero-order valence-electron chi connectivity index (χ0n) is 7.30. The number of hydrogen-bond donors (Lipinski definition) is 1. The molecule has 0 bridgehead atoms. The molecule has 0 spiro atoms. The van der Waals surface area contributed by atoms with Crippen molar-refractivity contribution in [2.45, 2.75) is 13.0 Å². The Morgan fingerprint density at radius 2 is 2.46 bits per heavy atom. The molecule has 0 aliphatic heterocycles. The van der Waals surface area contributed by atoms with Gasteiger partial charge < -0.3 is 10.5 Å². The van der Waals surface area contributed by atoms with Gasteiger partial charge in [0.2, 0.25) is 0 Å². The van der Waals surface area contributed by atoms with E-state index in [1.807, 2.05) is 0 Å². The lowest BCUT2D eigenvalue weighted by molar-refractivity contribution is -0.144. The van der Waals surface area contributed by atoms with Crippen molar-refractivity contribution in [2.24, 2.45) is 5.73 Å². The van der Waals surface area contributed by atoms with E-state index < -0.39 is 12.0 Å². The molecule has 0 saturated carbocycles. The van der Waals surface area contributed by atoms with Crippen molar-refractivity contribution < 1.29 is 9.53 Å². The fourth-order valence-electron chi connectivity index (χ4n) is 0.824. The van der Waals surface area contributed by atoms with Crippen LogP contribution in [0.15, 0.2) is 18.6 Å². The Hall–Kier alpha value is -1.49. The van der Waals surface area contributed by atoms with Gasteiger partial charge in [-0.3, -0.25) is 9.97 Å². The number of esters is 1. The number of nitrogens with zero attached hydrogens (tertiary/aromatic N) is 2. The first-order chi connectivity index (χ1) is 6.25. The van der Waals surface area contributed by atoms with Crippen molar-refractivity contribution in [3.8, 4) is 0 Å². The molecule has 0 amide bonds. The van der Waals surface area contributed by atoms with Crippen LogP contribution in [0.4, 0.5) is 0 Å². The van der Waals surface area contributed by atoms with Crippen molar-refractivity contribution in [3.63, 3.8) is 0 Å². The molecule has 0 aliphatic carbocycles. The number of carbonyl (C=O) groups is 1. The van der Waals surface area contributed by atoms with Crippen LogP contribution in [0.5, 0.6) is 0 Å². The molecule has 0 aliphatic rings. The normalized spacial score (nSPS) is 12.2.